The topological polar surface area (TPSA) is 77.5 Å². The molecule has 0 aromatic heterocycles. The molecule has 0 aliphatic rings. The average Bonchev–Trinajstić information content (AvgIpc) is 3.05. The Morgan fingerprint density at radius 2 is 0.979 bits per heavy atom. The molecule has 0 aliphatic carbocycles. The van der Waals surface area contributed by atoms with Crippen molar-refractivity contribution in [2.24, 2.45) is 5.92 Å². The van der Waals surface area contributed by atoms with Crippen LogP contribution in [-0.2, 0) is 18.9 Å². The Kier molecular flexibility index (Phi) is 34.1. The third-order valence-electron chi connectivity index (χ3n) is 8.61. The smallest absolute Gasteiger partial charge is 0.434 e. The summed E-state index contributed by atoms with van der Waals surface area (Å²) in [6, 6.07) is 0. The molecule has 0 amide bonds. The number of carbonyl (C=O) groups is 2. The molecule has 0 aliphatic heterocycles. The molecule has 0 fully saturated rings. The fourth-order valence-electron chi connectivity index (χ4n) is 5.61. The molecule has 0 N–H and O–H groups in total. The maximum Gasteiger partial charge on any atom is 0.508 e. The van der Waals surface area contributed by atoms with Crippen molar-refractivity contribution in [1.29, 1.82) is 0 Å². The molecule has 0 radical (unpaired) electrons. The molecule has 1 atom stereocenters. The van der Waals surface area contributed by atoms with Crippen LogP contribution in [0.5, 0.6) is 0 Å². The van der Waals surface area contributed by atoms with Gasteiger partial charge in [0.1, 0.15) is 6.61 Å². The highest BCUT2D eigenvalue weighted by Gasteiger charge is 2.12. The number of allylic oxidation sites excluding steroid dienone is 1. The van der Waals surface area contributed by atoms with E-state index in [0.717, 1.165) is 77.4 Å². The van der Waals surface area contributed by atoms with E-state index in [1.807, 2.05) is 6.08 Å². The van der Waals surface area contributed by atoms with Crippen LogP contribution >= 0.6 is 0 Å². The van der Waals surface area contributed by atoms with Crippen LogP contribution in [0.4, 0.5) is 9.59 Å². The van der Waals surface area contributed by atoms with E-state index in [0.29, 0.717) is 32.3 Å². The zero-order chi connectivity index (χ0) is 34.6. The summed E-state index contributed by atoms with van der Waals surface area (Å²) in [5, 5.41) is 0. The number of hydrogen-bond acceptors (Lipinski definition) is 8. The number of carbonyl (C=O) groups excluding carboxylic acids is 2. The van der Waals surface area contributed by atoms with Gasteiger partial charge in [-0.25, -0.2) is 9.59 Å². The molecule has 278 valence electrons. The monoisotopic (exact) mass is 669 g/mol. The second-order valence-electron chi connectivity index (χ2n) is 13.6. The molecule has 8 nitrogen and oxygen atoms in total. The lowest BCUT2D eigenvalue weighted by Gasteiger charge is -2.25. The predicted octanol–water partition coefficient (Wildman–Crippen LogP) is 10.6. The summed E-state index contributed by atoms with van der Waals surface area (Å²) in [6.07, 6.45) is 28.5. The highest BCUT2D eigenvalue weighted by molar-refractivity contribution is 5.60. The van der Waals surface area contributed by atoms with Gasteiger partial charge in [-0.05, 0) is 72.0 Å². The quantitative estimate of drug-likeness (QED) is 0.0381. The first kappa shape index (κ1) is 45.2. The van der Waals surface area contributed by atoms with Gasteiger partial charge in [0.25, 0.3) is 0 Å². The minimum atomic E-state index is -0.563. The summed E-state index contributed by atoms with van der Waals surface area (Å²) in [7, 11) is 6.49. The summed E-state index contributed by atoms with van der Waals surface area (Å²) in [5.74, 6) is 0.686. The van der Waals surface area contributed by atoms with Gasteiger partial charge in [0.05, 0.1) is 19.8 Å². The molecule has 0 heterocycles. The fourth-order valence-corrected chi connectivity index (χ4v) is 5.61. The SMILES string of the molecule is CCCCCC/C=C/COC(=O)OCCCCCCC(CCCCCCOC(=O)OCCCCCCCCC)CN(C)CCN(C)C. The lowest BCUT2D eigenvalue weighted by Crippen LogP contribution is -2.32. The molecule has 47 heavy (non-hydrogen) atoms. The van der Waals surface area contributed by atoms with E-state index in [9.17, 15) is 9.59 Å². The van der Waals surface area contributed by atoms with Crippen molar-refractivity contribution in [1.82, 2.24) is 9.80 Å². The maximum atomic E-state index is 11.8. The zero-order valence-electron chi connectivity index (χ0n) is 31.6. The highest BCUT2D eigenvalue weighted by Crippen LogP contribution is 2.20. The lowest BCUT2D eigenvalue weighted by atomic mass is 9.94. The average molecular weight is 669 g/mol. The molecule has 0 saturated heterocycles. The molecule has 0 aromatic carbocycles. The first-order valence-electron chi connectivity index (χ1n) is 19.5. The summed E-state index contributed by atoms with van der Waals surface area (Å²) in [5.41, 5.74) is 0. The van der Waals surface area contributed by atoms with Crippen LogP contribution in [0.1, 0.15) is 155 Å². The molecular weight excluding hydrogens is 592 g/mol. The lowest BCUT2D eigenvalue weighted by molar-refractivity contribution is 0.0528. The largest absolute Gasteiger partial charge is 0.508 e. The van der Waals surface area contributed by atoms with E-state index in [4.69, 9.17) is 18.9 Å². The van der Waals surface area contributed by atoms with Crippen LogP contribution in [-0.4, -0.2) is 89.3 Å². The molecule has 0 spiro atoms. The Bertz CT molecular complexity index is 718. The first-order valence-corrected chi connectivity index (χ1v) is 19.5. The van der Waals surface area contributed by atoms with Gasteiger partial charge in [-0.15, -0.1) is 0 Å². The Balaban J connectivity index is 4.01. The number of rotatable bonds is 34. The van der Waals surface area contributed by atoms with Gasteiger partial charge in [-0.3, -0.25) is 0 Å². The van der Waals surface area contributed by atoms with Crippen LogP contribution in [0.3, 0.4) is 0 Å². The van der Waals surface area contributed by atoms with Gasteiger partial charge in [0, 0.05) is 19.6 Å². The van der Waals surface area contributed by atoms with Crippen molar-refractivity contribution in [2.45, 2.75) is 155 Å². The number of likely N-dealkylation sites (N-methyl/N-ethyl adjacent to an activating group) is 2. The third kappa shape index (κ3) is 35.3. The maximum absolute atomic E-state index is 11.8. The Morgan fingerprint density at radius 3 is 1.49 bits per heavy atom. The van der Waals surface area contributed by atoms with E-state index in [1.54, 1.807) is 0 Å². The van der Waals surface area contributed by atoms with E-state index < -0.39 is 12.3 Å². The standard InChI is InChI=1S/C39H76N2O6/c1-6-8-10-12-14-18-24-32-44-38(42)46-34-26-20-16-22-28-37(36-41(5)31-30-40(3)4)29-23-17-21-27-35-47-39(43)45-33-25-19-15-13-11-9-7-2/h18,24,37H,6-17,19-23,25-36H2,1-5H3/b24-18+. The zero-order valence-corrected chi connectivity index (χ0v) is 31.6. The third-order valence-corrected chi connectivity index (χ3v) is 8.61. The van der Waals surface area contributed by atoms with Gasteiger partial charge in [0.15, 0.2) is 0 Å². The number of hydrogen-bond donors (Lipinski definition) is 0. The number of ether oxygens (including phenoxy) is 4. The summed E-state index contributed by atoms with van der Waals surface area (Å²) < 4.78 is 20.8. The van der Waals surface area contributed by atoms with Crippen LogP contribution < -0.4 is 0 Å². The predicted molar refractivity (Wildman–Crippen MR) is 196 cm³/mol. The van der Waals surface area contributed by atoms with Crippen molar-refractivity contribution >= 4 is 12.3 Å². The minimum Gasteiger partial charge on any atom is -0.434 e. The summed E-state index contributed by atoms with van der Waals surface area (Å²) >= 11 is 0. The summed E-state index contributed by atoms with van der Waals surface area (Å²) in [4.78, 5) is 28.3. The van der Waals surface area contributed by atoms with Crippen LogP contribution in [0.2, 0.25) is 0 Å². The van der Waals surface area contributed by atoms with Gasteiger partial charge in [-0.1, -0.05) is 122 Å². The van der Waals surface area contributed by atoms with Crippen molar-refractivity contribution < 1.29 is 28.5 Å². The Labute approximate surface area is 290 Å². The highest BCUT2D eigenvalue weighted by atomic mass is 16.7. The number of nitrogens with zero attached hydrogens (tertiary/aromatic N) is 2. The molecule has 1 unspecified atom stereocenters. The van der Waals surface area contributed by atoms with Crippen LogP contribution in [0.15, 0.2) is 12.2 Å². The van der Waals surface area contributed by atoms with Crippen molar-refractivity contribution in [2.75, 3.05) is 67.2 Å². The number of unbranched alkanes of at least 4 members (excludes halogenated alkanes) is 16. The van der Waals surface area contributed by atoms with E-state index >= 15 is 0 Å². The fraction of sp³-hybridized carbons (Fsp3) is 0.897. The van der Waals surface area contributed by atoms with Gasteiger partial charge >= 0.3 is 12.3 Å². The molecule has 8 heteroatoms. The molecule has 0 rings (SSSR count). The second kappa shape index (κ2) is 35.5. The van der Waals surface area contributed by atoms with Crippen LogP contribution in [0, 0.1) is 5.92 Å². The van der Waals surface area contributed by atoms with Crippen LogP contribution in [0.25, 0.3) is 0 Å². The first-order chi connectivity index (χ1) is 22.9. The van der Waals surface area contributed by atoms with Gasteiger partial charge in [-0.2, -0.15) is 0 Å². The van der Waals surface area contributed by atoms with E-state index in [2.05, 4.69) is 50.9 Å². The Hall–Kier alpha value is -1.80. The molecular formula is C39H76N2O6. The molecule has 0 aromatic rings. The summed E-state index contributed by atoms with van der Waals surface area (Å²) in [6.45, 7) is 9.36. The van der Waals surface area contributed by atoms with Crippen molar-refractivity contribution in [3.05, 3.63) is 12.2 Å². The molecule has 0 saturated carbocycles. The van der Waals surface area contributed by atoms with Gasteiger partial charge < -0.3 is 28.7 Å². The van der Waals surface area contributed by atoms with Gasteiger partial charge in [0.2, 0.25) is 0 Å². The molecule has 0 bridgehead atoms. The van der Waals surface area contributed by atoms with E-state index in [-0.39, 0.29) is 0 Å². The normalized spacial score (nSPS) is 12.2. The van der Waals surface area contributed by atoms with Crippen molar-refractivity contribution in [3.63, 3.8) is 0 Å². The van der Waals surface area contributed by atoms with E-state index in [1.165, 1.54) is 83.5 Å². The minimum absolute atomic E-state index is 0.290. The Morgan fingerprint density at radius 1 is 0.532 bits per heavy atom. The second-order valence-corrected chi connectivity index (χ2v) is 13.6. The van der Waals surface area contributed by atoms with Crippen molar-refractivity contribution in [3.8, 4) is 0 Å².